The van der Waals surface area contributed by atoms with Gasteiger partial charge in [-0.2, -0.15) is 4.98 Å². The first kappa shape index (κ1) is 23.2. The minimum absolute atomic E-state index is 0.273. The van der Waals surface area contributed by atoms with Gasteiger partial charge in [0.05, 0.1) is 0 Å². The van der Waals surface area contributed by atoms with Gasteiger partial charge in [0, 0.05) is 43.2 Å². The lowest BCUT2D eigenvalue weighted by Crippen LogP contribution is -2.63. The first-order chi connectivity index (χ1) is 16.3. The fourth-order valence-corrected chi connectivity index (χ4v) is 5.70. The quantitative estimate of drug-likeness (QED) is 0.561. The Morgan fingerprint density at radius 1 is 1.06 bits per heavy atom. The number of likely N-dealkylation sites (tertiary alicyclic amines) is 1. The van der Waals surface area contributed by atoms with Crippen molar-refractivity contribution >= 4 is 0 Å². The highest BCUT2D eigenvalue weighted by atomic mass is 16.5. The number of aromatic nitrogens is 2. The summed E-state index contributed by atoms with van der Waals surface area (Å²) >= 11 is 0. The molecule has 2 fully saturated rings. The number of nitrogens with zero attached hydrogens (tertiary/aromatic N) is 3. The molecule has 2 aromatic carbocycles. The van der Waals surface area contributed by atoms with Crippen LogP contribution in [0.2, 0.25) is 0 Å². The molecule has 2 aliphatic rings. The Bertz CT molecular complexity index is 1130. The monoisotopic (exact) mass is 461 g/mol. The van der Waals surface area contributed by atoms with Crippen molar-refractivity contribution in [1.82, 2.24) is 15.0 Å². The van der Waals surface area contributed by atoms with Gasteiger partial charge in [-0.3, -0.25) is 0 Å². The zero-order valence-corrected chi connectivity index (χ0v) is 20.6. The summed E-state index contributed by atoms with van der Waals surface area (Å²) in [6, 6.07) is 16.4. The molecule has 5 rings (SSSR count). The van der Waals surface area contributed by atoms with E-state index in [1.807, 2.05) is 24.3 Å². The lowest BCUT2D eigenvalue weighted by molar-refractivity contribution is -0.127. The van der Waals surface area contributed by atoms with Gasteiger partial charge >= 0.3 is 0 Å². The second-order valence-corrected chi connectivity index (χ2v) is 10.6. The normalized spacial score (nSPS) is 20.8. The zero-order chi connectivity index (χ0) is 23.9. The lowest BCUT2D eigenvalue weighted by atomic mass is 9.62. The van der Waals surface area contributed by atoms with Gasteiger partial charge in [0.25, 0.3) is 5.89 Å². The average Bonchev–Trinajstić information content (AvgIpc) is 3.34. The Morgan fingerprint density at radius 2 is 1.76 bits per heavy atom. The predicted molar refractivity (Wildman–Crippen MR) is 132 cm³/mol. The van der Waals surface area contributed by atoms with Crippen molar-refractivity contribution in [3.05, 3.63) is 71.0 Å². The molecule has 3 heterocycles. The van der Waals surface area contributed by atoms with E-state index in [-0.39, 0.29) is 11.3 Å². The zero-order valence-electron chi connectivity index (χ0n) is 20.6. The summed E-state index contributed by atoms with van der Waals surface area (Å²) in [7, 11) is 2.09. The number of ether oxygens (including phenoxy) is 1. The van der Waals surface area contributed by atoms with E-state index in [2.05, 4.69) is 62.1 Å². The Balaban J connectivity index is 1.53. The second-order valence-electron chi connectivity index (χ2n) is 10.6. The molecule has 0 bridgehead atoms. The Kier molecular flexibility index (Phi) is 6.09. The Labute approximate surface area is 201 Å². The van der Waals surface area contributed by atoms with Crippen molar-refractivity contribution in [2.45, 2.75) is 51.0 Å². The van der Waals surface area contributed by atoms with Crippen LogP contribution >= 0.6 is 0 Å². The average molecular weight is 462 g/mol. The first-order valence-corrected chi connectivity index (χ1v) is 12.3. The van der Waals surface area contributed by atoms with E-state index in [4.69, 9.17) is 14.2 Å². The van der Waals surface area contributed by atoms with Crippen LogP contribution in [0.5, 0.6) is 0 Å². The predicted octanol–water partition coefficient (Wildman–Crippen LogP) is 4.94. The molecule has 6 heteroatoms. The van der Waals surface area contributed by atoms with E-state index in [0.717, 1.165) is 61.7 Å². The first-order valence-electron chi connectivity index (χ1n) is 12.3. The number of aliphatic hydroxyl groups is 1. The van der Waals surface area contributed by atoms with Crippen LogP contribution < -0.4 is 0 Å². The van der Waals surface area contributed by atoms with Crippen LogP contribution in [-0.4, -0.2) is 53.5 Å². The SMILES string of the molecule is CC(C)c1ccc([C@](O)(c2cccc(-c3nc(C4CCOCC4)no3)c2)C2(C)CN(C)C2)cc1. The minimum atomic E-state index is -1.14. The highest BCUT2D eigenvalue weighted by molar-refractivity contribution is 5.57. The summed E-state index contributed by atoms with van der Waals surface area (Å²) in [5.41, 5.74) is 2.40. The summed E-state index contributed by atoms with van der Waals surface area (Å²) in [4.78, 5) is 6.96. The number of hydrogen-bond acceptors (Lipinski definition) is 6. The van der Waals surface area contributed by atoms with Gasteiger partial charge in [-0.1, -0.05) is 62.3 Å². The molecule has 2 aliphatic heterocycles. The van der Waals surface area contributed by atoms with E-state index in [1.165, 1.54) is 5.56 Å². The third-order valence-electron chi connectivity index (χ3n) is 7.66. The molecular weight excluding hydrogens is 426 g/mol. The highest BCUT2D eigenvalue weighted by Crippen LogP contribution is 2.50. The summed E-state index contributed by atoms with van der Waals surface area (Å²) in [6.07, 6.45) is 1.83. The molecule has 0 radical (unpaired) electrons. The van der Waals surface area contributed by atoms with Gasteiger partial charge in [0.2, 0.25) is 0 Å². The molecule has 6 nitrogen and oxygen atoms in total. The summed E-state index contributed by atoms with van der Waals surface area (Å²) in [5.74, 6) is 1.96. The number of benzene rings is 2. The maximum Gasteiger partial charge on any atom is 0.257 e. The van der Waals surface area contributed by atoms with Crippen molar-refractivity contribution < 1.29 is 14.4 Å². The van der Waals surface area contributed by atoms with E-state index in [0.29, 0.717) is 11.8 Å². The van der Waals surface area contributed by atoms with Gasteiger partial charge < -0.3 is 19.3 Å². The van der Waals surface area contributed by atoms with Crippen LogP contribution in [0, 0.1) is 5.41 Å². The van der Waals surface area contributed by atoms with Crippen LogP contribution in [0.15, 0.2) is 53.1 Å². The van der Waals surface area contributed by atoms with Crippen LogP contribution in [0.25, 0.3) is 11.5 Å². The van der Waals surface area contributed by atoms with Gasteiger partial charge in [-0.15, -0.1) is 0 Å². The molecule has 0 amide bonds. The van der Waals surface area contributed by atoms with Gasteiger partial charge in [0.1, 0.15) is 5.60 Å². The molecule has 180 valence electrons. The van der Waals surface area contributed by atoms with Crippen LogP contribution in [0.3, 0.4) is 0 Å². The van der Waals surface area contributed by atoms with Gasteiger partial charge in [0.15, 0.2) is 5.82 Å². The second kappa shape index (κ2) is 8.91. The smallest absolute Gasteiger partial charge is 0.257 e. The van der Waals surface area contributed by atoms with E-state index in [1.54, 1.807) is 0 Å². The molecule has 1 N–H and O–H groups in total. The van der Waals surface area contributed by atoms with Crippen LogP contribution in [0.4, 0.5) is 0 Å². The molecule has 0 saturated carbocycles. The molecule has 0 aliphatic carbocycles. The van der Waals surface area contributed by atoms with Crippen molar-refractivity contribution in [2.75, 3.05) is 33.4 Å². The summed E-state index contributed by atoms with van der Waals surface area (Å²) in [6.45, 7) is 9.64. The maximum absolute atomic E-state index is 12.5. The number of hydrogen-bond donors (Lipinski definition) is 1. The lowest BCUT2D eigenvalue weighted by Gasteiger charge is -2.56. The molecule has 3 aromatic rings. The fraction of sp³-hybridized carbons (Fsp3) is 0.500. The van der Waals surface area contributed by atoms with Crippen LogP contribution in [-0.2, 0) is 10.3 Å². The molecule has 34 heavy (non-hydrogen) atoms. The molecule has 0 spiro atoms. The van der Waals surface area contributed by atoms with E-state index in [9.17, 15) is 5.11 Å². The Hall–Kier alpha value is -2.54. The largest absolute Gasteiger partial charge is 0.381 e. The molecular formula is C28H35N3O3. The fourth-order valence-electron chi connectivity index (χ4n) is 5.70. The van der Waals surface area contributed by atoms with Gasteiger partial charge in [-0.25, -0.2) is 0 Å². The molecule has 2 saturated heterocycles. The van der Waals surface area contributed by atoms with Crippen molar-refractivity contribution in [3.8, 4) is 11.5 Å². The number of rotatable bonds is 6. The van der Waals surface area contributed by atoms with Crippen molar-refractivity contribution in [1.29, 1.82) is 0 Å². The van der Waals surface area contributed by atoms with E-state index < -0.39 is 5.60 Å². The van der Waals surface area contributed by atoms with Gasteiger partial charge in [-0.05, 0) is 54.6 Å². The maximum atomic E-state index is 12.5. The van der Waals surface area contributed by atoms with Crippen molar-refractivity contribution in [2.24, 2.45) is 5.41 Å². The van der Waals surface area contributed by atoms with Crippen molar-refractivity contribution in [3.63, 3.8) is 0 Å². The van der Waals surface area contributed by atoms with E-state index >= 15 is 0 Å². The Morgan fingerprint density at radius 3 is 2.41 bits per heavy atom. The topological polar surface area (TPSA) is 71.6 Å². The minimum Gasteiger partial charge on any atom is -0.381 e. The third kappa shape index (κ3) is 3.98. The molecule has 1 aromatic heterocycles. The standard InChI is InChI=1S/C28H35N3O3/c1-19(2)20-8-10-23(11-9-20)28(32,27(3)17-31(4)18-27)24-7-5-6-22(16-24)26-29-25(30-34-26)21-12-14-33-15-13-21/h5-11,16,19,21,32H,12-15,17-18H2,1-4H3/t28-/m0/s1. The highest BCUT2D eigenvalue weighted by Gasteiger charge is 2.55. The summed E-state index contributed by atoms with van der Waals surface area (Å²) in [5, 5.41) is 16.7. The van der Waals surface area contributed by atoms with Crippen LogP contribution in [0.1, 0.15) is 68.0 Å². The molecule has 1 atom stereocenters. The summed E-state index contributed by atoms with van der Waals surface area (Å²) < 4.78 is 11.1. The third-order valence-corrected chi connectivity index (χ3v) is 7.66. The molecule has 0 unspecified atom stereocenters.